The lowest BCUT2D eigenvalue weighted by Gasteiger charge is -2.33. The summed E-state index contributed by atoms with van der Waals surface area (Å²) in [4.78, 5) is 128. The average Bonchev–Trinajstić information content (AvgIpc) is 3.60. The predicted molar refractivity (Wildman–Crippen MR) is 197 cm³/mol. The third-order valence-corrected chi connectivity index (χ3v) is 8.91. The summed E-state index contributed by atoms with van der Waals surface area (Å²) in [5.74, 6) is -9.69. The highest BCUT2D eigenvalue weighted by molar-refractivity contribution is 6.38. The first-order valence-electron chi connectivity index (χ1n) is 18.8. The van der Waals surface area contributed by atoms with Crippen LogP contribution >= 0.6 is 0 Å². The van der Waals surface area contributed by atoms with Crippen molar-refractivity contribution >= 4 is 59.1 Å². The fraction of sp³-hybridized carbons (Fsp3) is 0.722. The minimum atomic E-state index is -1.51. The van der Waals surface area contributed by atoms with Gasteiger partial charge in [-0.25, -0.2) is 0 Å². The summed E-state index contributed by atoms with van der Waals surface area (Å²) >= 11 is 0. The number of amides is 7. The van der Waals surface area contributed by atoms with E-state index in [1.165, 1.54) is 4.90 Å². The Morgan fingerprint density at radius 2 is 1.18 bits per heavy atom. The molecule has 4 unspecified atom stereocenters. The molecule has 0 aromatic carbocycles. The number of carbonyl (C=O) groups excluding carboxylic acids is 8. The van der Waals surface area contributed by atoms with Crippen LogP contribution in [0.4, 0.5) is 0 Å². The molecule has 0 bridgehead atoms. The summed E-state index contributed by atoms with van der Waals surface area (Å²) in [6.45, 7) is 11.8. The van der Waals surface area contributed by atoms with Gasteiger partial charge in [-0.1, -0.05) is 48.0 Å². The lowest BCUT2D eigenvalue weighted by Crippen LogP contribution is -2.61. The molecule has 1 fully saturated rings. The summed E-state index contributed by atoms with van der Waals surface area (Å²) in [5, 5.41) is 33.4. The number of Topliss-reactive ketones (excluding diaryl/α,β-unsaturated/α-hetero) is 1. The number of hydrogen-bond acceptors (Lipinski definition) is 10. The highest BCUT2D eigenvalue weighted by Gasteiger charge is 2.41. The van der Waals surface area contributed by atoms with Crippen LogP contribution in [-0.4, -0.2) is 124 Å². The zero-order chi connectivity index (χ0) is 42.0. The van der Waals surface area contributed by atoms with Crippen LogP contribution in [0.1, 0.15) is 106 Å². The number of rotatable bonds is 24. The van der Waals surface area contributed by atoms with Crippen molar-refractivity contribution in [1.82, 2.24) is 36.8 Å². The van der Waals surface area contributed by atoms with Crippen LogP contribution in [0.25, 0.3) is 0 Å². The van der Waals surface area contributed by atoms with Crippen molar-refractivity contribution in [2.24, 2.45) is 11.8 Å². The Balaban J connectivity index is 3.22. The van der Waals surface area contributed by atoms with E-state index in [1.54, 1.807) is 34.6 Å². The first-order valence-corrected chi connectivity index (χ1v) is 18.8. The number of carboxylic acids is 2. The molecule has 19 nitrogen and oxygen atoms in total. The van der Waals surface area contributed by atoms with Crippen molar-refractivity contribution in [2.45, 2.75) is 143 Å². The Hall–Kier alpha value is -5.10. The smallest absolute Gasteiger partial charge is 0.303 e. The molecule has 1 aliphatic rings. The van der Waals surface area contributed by atoms with E-state index in [1.807, 2.05) is 6.92 Å². The molecule has 55 heavy (non-hydrogen) atoms. The van der Waals surface area contributed by atoms with E-state index in [0.29, 0.717) is 25.8 Å². The topological polar surface area (TPSA) is 287 Å². The third kappa shape index (κ3) is 16.0. The van der Waals surface area contributed by atoms with Gasteiger partial charge in [-0.2, -0.15) is 0 Å². The van der Waals surface area contributed by atoms with Crippen molar-refractivity contribution in [3.8, 4) is 0 Å². The number of nitrogens with one attached hydrogen (secondary N) is 6. The van der Waals surface area contributed by atoms with Crippen LogP contribution in [0.15, 0.2) is 0 Å². The Morgan fingerprint density at radius 1 is 0.655 bits per heavy atom. The van der Waals surface area contributed by atoms with Gasteiger partial charge in [0.15, 0.2) is 0 Å². The van der Waals surface area contributed by atoms with Crippen LogP contribution in [0.3, 0.4) is 0 Å². The maximum absolute atomic E-state index is 14.0. The Bertz CT molecular complexity index is 1420. The van der Waals surface area contributed by atoms with Gasteiger partial charge in [0.25, 0.3) is 5.91 Å². The van der Waals surface area contributed by atoms with E-state index in [4.69, 9.17) is 5.11 Å². The number of nitrogens with zero attached hydrogens (tertiary/aromatic N) is 1. The van der Waals surface area contributed by atoms with Crippen molar-refractivity contribution in [2.75, 3.05) is 13.1 Å². The molecule has 1 rings (SSSR count). The van der Waals surface area contributed by atoms with Crippen molar-refractivity contribution in [3.05, 3.63) is 0 Å². The first-order chi connectivity index (χ1) is 25.7. The normalized spacial score (nSPS) is 16.5. The van der Waals surface area contributed by atoms with Gasteiger partial charge in [-0.15, -0.1) is 0 Å². The summed E-state index contributed by atoms with van der Waals surface area (Å²) in [6, 6.07) is -7.38. The molecule has 0 saturated carbocycles. The van der Waals surface area contributed by atoms with E-state index in [0.717, 1.165) is 6.92 Å². The van der Waals surface area contributed by atoms with E-state index < -0.39 is 126 Å². The lowest BCUT2D eigenvalue weighted by atomic mass is 9.98. The number of hydrogen-bond donors (Lipinski definition) is 8. The molecule has 19 heteroatoms. The molecular weight excluding hydrogens is 722 g/mol. The molecule has 310 valence electrons. The average molecular weight is 782 g/mol. The molecule has 0 aromatic rings. The van der Waals surface area contributed by atoms with Crippen LogP contribution in [-0.2, 0) is 47.9 Å². The standard InChI is InChI=1S/C36H59N7O12/c1-8-11-22(30(49)35(54)37-17-9-2)39-33(52)25-12-10-18-43(25)36(55)29(20(5)6)42-34(53)28(19(3)4)41-32(51)24(14-16-27(47)48)40-31(50)23(38-21(7)44)13-15-26(45)46/h19-20,22-25,28-29H,8-18H2,1-7H3,(H,37,54)(H,38,44)(H,39,52)(H,40,50)(H,41,51)(H,42,53)(H,45,46)(H,47,48)/t22?,23?,24?,25-,28-,29?/m0/s1. The monoisotopic (exact) mass is 781 g/mol. The third-order valence-electron chi connectivity index (χ3n) is 8.91. The summed E-state index contributed by atoms with van der Waals surface area (Å²) in [6.07, 6.45) is 0.271. The largest absolute Gasteiger partial charge is 0.481 e. The second-order valence-electron chi connectivity index (χ2n) is 14.3. The second-order valence-corrected chi connectivity index (χ2v) is 14.3. The molecule has 0 radical (unpaired) electrons. The second kappa shape index (κ2) is 23.6. The molecule has 8 N–H and O–H groups in total. The maximum Gasteiger partial charge on any atom is 0.303 e. The molecule has 1 aliphatic heterocycles. The van der Waals surface area contributed by atoms with Crippen molar-refractivity contribution in [1.29, 1.82) is 0 Å². The van der Waals surface area contributed by atoms with Crippen LogP contribution in [0.2, 0.25) is 0 Å². The molecule has 6 atom stereocenters. The zero-order valence-corrected chi connectivity index (χ0v) is 32.8. The van der Waals surface area contributed by atoms with Crippen LogP contribution in [0, 0.1) is 11.8 Å². The summed E-state index contributed by atoms with van der Waals surface area (Å²) in [7, 11) is 0. The molecule has 0 spiro atoms. The van der Waals surface area contributed by atoms with E-state index in [-0.39, 0.29) is 25.8 Å². The number of likely N-dealkylation sites (tertiary alicyclic amines) is 1. The van der Waals surface area contributed by atoms with Gasteiger partial charge in [0.1, 0.15) is 30.2 Å². The minimum absolute atomic E-state index is 0.181. The van der Waals surface area contributed by atoms with Gasteiger partial charge in [-0.3, -0.25) is 47.9 Å². The Morgan fingerprint density at radius 3 is 1.67 bits per heavy atom. The van der Waals surface area contributed by atoms with E-state index in [2.05, 4.69) is 31.9 Å². The lowest BCUT2D eigenvalue weighted by molar-refractivity contribution is -0.144. The van der Waals surface area contributed by atoms with Crippen LogP contribution < -0.4 is 31.9 Å². The number of aliphatic carboxylic acids is 2. The first kappa shape index (κ1) is 47.9. The van der Waals surface area contributed by atoms with Gasteiger partial charge in [0.05, 0.1) is 6.04 Å². The van der Waals surface area contributed by atoms with Gasteiger partial charge in [-0.05, 0) is 50.4 Å². The quantitative estimate of drug-likeness (QED) is 0.0568. The molecular formula is C36H59N7O12. The van der Waals surface area contributed by atoms with Gasteiger partial charge in [0, 0.05) is 32.9 Å². The maximum atomic E-state index is 14.0. The molecule has 1 saturated heterocycles. The molecule has 7 amide bonds. The highest BCUT2D eigenvalue weighted by Crippen LogP contribution is 2.21. The predicted octanol–water partition coefficient (Wildman–Crippen LogP) is -0.642. The van der Waals surface area contributed by atoms with Crippen molar-refractivity contribution < 1.29 is 58.2 Å². The van der Waals surface area contributed by atoms with Crippen molar-refractivity contribution in [3.63, 3.8) is 0 Å². The number of ketones is 1. The SMILES string of the molecule is CCCNC(=O)C(=O)C(CCC)NC(=O)[C@@H]1CCCN1C(=O)C(NC(=O)[C@@H](NC(=O)C(CCC(=O)O)NC(=O)C(CCC(=O)O)NC(C)=O)C(C)C)C(C)C. The highest BCUT2D eigenvalue weighted by atomic mass is 16.4. The van der Waals surface area contributed by atoms with E-state index in [9.17, 15) is 53.1 Å². The minimum Gasteiger partial charge on any atom is -0.481 e. The van der Waals surface area contributed by atoms with E-state index >= 15 is 0 Å². The number of carbonyl (C=O) groups is 10. The Labute approximate surface area is 321 Å². The van der Waals surface area contributed by atoms with Gasteiger partial charge < -0.3 is 47.0 Å². The Kier molecular flexibility index (Phi) is 20.6. The van der Waals surface area contributed by atoms with Gasteiger partial charge >= 0.3 is 11.9 Å². The molecule has 0 aliphatic carbocycles. The fourth-order valence-electron chi connectivity index (χ4n) is 5.93. The van der Waals surface area contributed by atoms with Gasteiger partial charge in [0.2, 0.25) is 41.2 Å². The summed E-state index contributed by atoms with van der Waals surface area (Å²) in [5.41, 5.74) is 0. The summed E-state index contributed by atoms with van der Waals surface area (Å²) < 4.78 is 0. The van der Waals surface area contributed by atoms with Crippen LogP contribution in [0.5, 0.6) is 0 Å². The fourth-order valence-corrected chi connectivity index (χ4v) is 5.93. The molecule has 0 aromatic heterocycles. The molecule has 1 heterocycles. The zero-order valence-electron chi connectivity index (χ0n) is 32.8. The number of carboxylic acid groups (broad SMARTS) is 2.